The van der Waals surface area contributed by atoms with Crippen LogP contribution in [0.3, 0.4) is 0 Å². The zero-order chi connectivity index (χ0) is 12.8. The Morgan fingerprint density at radius 2 is 2.00 bits per heavy atom. The largest absolute Gasteiger partial charge is 0.439 e. The summed E-state index contributed by atoms with van der Waals surface area (Å²) in [6.45, 7) is 6.33. The van der Waals surface area contributed by atoms with Gasteiger partial charge >= 0.3 is 0 Å². The van der Waals surface area contributed by atoms with Gasteiger partial charge in [0.05, 0.1) is 10.7 Å². The number of rotatable bonds is 1. The van der Waals surface area contributed by atoms with Gasteiger partial charge in [0.15, 0.2) is 11.5 Å². The Balaban J connectivity index is 2.58. The first-order valence-electron chi connectivity index (χ1n) is 5.31. The fourth-order valence-electron chi connectivity index (χ4n) is 1.60. The molecule has 0 spiro atoms. The van der Waals surface area contributed by atoms with Gasteiger partial charge in [-0.05, 0) is 11.5 Å². The van der Waals surface area contributed by atoms with Crippen LogP contribution in [0.5, 0.6) is 0 Å². The number of fused-ring (bicyclic) bond motifs is 1. The molecule has 2 aromatic rings. The van der Waals surface area contributed by atoms with Gasteiger partial charge in [0.2, 0.25) is 0 Å². The van der Waals surface area contributed by atoms with Gasteiger partial charge in [-0.1, -0.05) is 44.0 Å². The first kappa shape index (κ1) is 12.5. The Hall–Kier alpha value is -0.930. The molecule has 1 aromatic heterocycles. The first-order chi connectivity index (χ1) is 7.78. The van der Waals surface area contributed by atoms with Crippen LogP contribution in [0.25, 0.3) is 11.1 Å². The minimum absolute atomic E-state index is 0.0887. The monoisotopic (exact) mass is 272 g/mol. The molecule has 5 heteroatoms. The van der Waals surface area contributed by atoms with Gasteiger partial charge in [-0.25, -0.2) is 4.98 Å². The second-order valence-corrected chi connectivity index (χ2v) is 6.07. The van der Waals surface area contributed by atoms with Gasteiger partial charge in [0.25, 0.3) is 0 Å². The number of aromatic nitrogens is 1. The van der Waals surface area contributed by atoms with E-state index >= 15 is 0 Å². The van der Waals surface area contributed by atoms with E-state index in [0.717, 1.165) is 0 Å². The molecule has 0 radical (unpaired) electrons. The SMILES string of the molecule is CC(C)(C)Cc1nc2c(Cl)cc(N)c(Cl)c2o1. The molecule has 3 nitrogen and oxygen atoms in total. The number of halogens is 2. The Morgan fingerprint density at radius 1 is 1.35 bits per heavy atom. The first-order valence-corrected chi connectivity index (χ1v) is 6.06. The lowest BCUT2D eigenvalue weighted by molar-refractivity contribution is 0.362. The van der Waals surface area contributed by atoms with E-state index < -0.39 is 0 Å². The number of nitrogen functional groups attached to an aromatic ring is 1. The van der Waals surface area contributed by atoms with Gasteiger partial charge < -0.3 is 10.2 Å². The molecular formula is C12H14Cl2N2O. The van der Waals surface area contributed by atoms with E-state index in [1.54, 1.807) is 6.07 Å². The number of anilines is 1. The van der Waals surface area contributed by atoms with Crippen LogP contribution in [0, 0.1) is 5.41 Å². The second kappa shape index (κ2) is 4.07. The van der Waals surface area contributed by atoms with Crippen molar-refractivity contribution in [1.82, 2.24) is 4.98 Å². The minimum Gasteiger partial charge on any atom is -0.439 e. The molecule has 0 amide bonds. The van der Waals surface area contributed by atoms with Crippen LogP contribution >= 0.6 is 23.2 Å². The highest BCUT2D eigenvalue weighted by Crippen LogP contribution is 2.36. The Morgan fingerprint density at radius 3 is 2.59 bits per heavy atom. The second-order valence-electron chi connectivity index (χ2n) is 5.28. The smallest absolute Gasteiger partial charge is 0.196 e. The molecule has 0 fully saturated rings. The van der Waals surface area contributed by atoms with Crippen LogP contribution in [0.2, 0.25) is 10.0 Å². The average Bonchev–Trinajstić information content (AvgIpc) is 2.56. The van der Waals surface area contributed by atoms with Crippen LogP contribution in [0.4, 0.5) is 5.69 Å². The molecule has 0 aliphatic carbocycles. The lowest BCUT2D eigenvalue weighted by atomic mass is 9.92. The zero-order valence-corrected chi connectivity index (χ0v) is 11.5. The van der Waals surface area contributed by atoms with Crippen molar-refractivity contribution in [2.24, 2.45) is 5.41 Å². The van der Waals surface area contributed by atoms with E-state index in [-0.39, 0.29) is 5.41 Å². The molecule has 0 unspecified atom stereocenters. The standard InChI is InChI=1S/C12H14Cl2N2O/c1-12(2,3)5-8-16-10-6(13)4-7(15)9(14)11(10)17-8/h4H,5,15H2,1-3H3. The normalized spacial score (nSPS) is 12.3. The molecule has 2 N–H and O–H groups in total. The van der Waals surface area contributed by atoms with Crippen molar-refractivity contribution in [2.75, 3.05) is 5.73 Å². The summed E-state index contributed by atoms with van der Waals surface area (Å²) in [5, 5.41) is 0.836. The van der Waals surface area contributed by atoms with Crippen molar-refractivity contribution in [3.63, 3.8) is 0 Å². The van der Waals surface area contributed by atoms with E-state index in [2.05, 4.69) is 25.8 Å². The third-order valence-electron chi connectivity index (χ3n) is 2.31. The predicted molar refractivity (Wildman–Crippen MR) is 71.6 cm³/mol. The van der Waals surface area contributed by atoms with Crippen LogP contribution in [-0.2, 0) is 6.42 Å². The van der Waals surface area contributed by atoms with Crippen molar-refractivity contribution in [2.45, 2.75) is 27.2 Å². The lowest BCUT2D eigenvalue weighted by Gasteiger charge is -2.14. The van der Waals surface area contributed by atoms with E-state index in [9.17, 15) is 0 Å². The van der Waals surface area contributed by atoms with Crippen LogP contribution in [-0.4, -0.2) is 4.98 Å². The van der Waals surface area contributed by atoms with Crippen molar-refractivity contribution in [3.05, 3.63) is 22.0 Å². The molecular weight excluding hydrogens is 259 g/mol. The number of nitrogens with two attached hydrogens (primary N) is 1. The van der Waals surface area contributed by atoms with Crippen molar-refractivity contribution in [3.8, 4) is 0 Å². The van der Waals surface area contributed by atoms with E-state index in [1.807, 2.05) is 0 Å². The summed E-state index contributed by atoms with van der Waals surface area (Å²) in [6, 6.07) is 1.59. The number of nitrogens with zero attached hydrogens (tertiary/aromatic N) is 1. The molecule has 92 valence electrons. The molecule has 0 atom stereocenters. The highest BCUT2D eigenvalue weighted by molar-refractivity contribution is 6.41. The number of benzene rings is 1. The van der Waals surface area contributed by atoms with Gasteiger partial charge in [-0.15, -0.1) is 0 Å². The molecule has 0 aliphatic rings. The summed E-state index contributed by atoms with van der Waals surface area (Å²) >= 11 is 12.1. The number of hydrogen-bond donors (Lipinski definition) is 1. The molecule has 0 saturated heterocycles. The molecule has 2 rings (SSSR count). The van der Waals surface area contributed by atoms with Crippen molar-refractivity contribution in [1.29, 1.82) is 0 Å². The maximum absolute atomic E-state index is 6.07. The third-order valence-corrected chi connectivity index (χ3v) is 2.99. The lowest BCUT2D eigenvalue weighted by Crippen LogP contribution is -2.09. The van der Waals surface area contributed by atoms with Gasteiger partial charge in [-0.2, -0.15) is 0 Å². The molecule has 0 bridgehead atoms. The summed E-state index contributed by atoms with van der Waals surface area (Å²) < 4.78 is 5.63. The highest BCUT2D eigenvalue weighted by Gasteiger charge is 2.19. The fourth-order valence-corrected chi connectivity index (χ4v) is 2.03. The Kier molecular flexibility index (Phi) is 3.00. The van der Waals surface area contributed by atoms with Crippen molar-refractivity contribution >= 4 is 40.0 Å². The summed E-state index contributed by atoms with van der Waals surface area (Å²) in [7, 11) is 0. The van der Waals surface area contributed by atoms with E-state index in [0.29, 0.717) is 39.1 Å². The molecule has 1 heterocycles. The molecule has 0 saturated carbocycles. The van der Waals surface area contributed by atoms with Crippen LogP contribution in [0.15, 0.2) is 10.5 Å². The predicted octanol–water partition coefficient (Wildman–Crippen LogP) is 4.31. The summed E-state index contributed by atoms with van der Waals surface area (Å²) in [5.74, 6) is 0.627. The van der Waals surface area contributed by atoms with Gasteiger partial charge in [-0.3, -0.25) is 0 Å². The van der Waals surface area contributed by atoms with Crippen LogP contribution in [0.1, 0.15) is 26.7 Å². The van der Waals surface area contributed by atoms with Crippen LogP contribution < -0.4 is 5.73 Å². The fraction of sp³-hybridized carbons (Fsp3) is 0.417. The summed E-state index contributed by atoms with van der Waals surface area (Å²) in [4.78, 5) is 4.36. The van der Waals surface area contributed by atoms with Gasteiger partial charge in [0.1, 0.15) is 10.5 Å². The highest BCUT2D eigenvalue weighted by atomic mass is 35.5. The summed E-state index contributed by atoms with van der Waals surface area (Å²) in [6.07, 6.45) is 0.717. The maximum atomic E-state index is 6.07. The van der Waals surface area contributed by atoms with E-state index in [4.69, 9.17) is 33.4 Å². The van der Waals surface area contributed by atoms with Gasteiger partial charge in [0, 0.05) is 6.42 Å². The maximum Gasteiger partial charge on any atom is 0.196 e. The third kappa shape index (κ3) is 2.50. The molecule has 0 aliphatic heterocycles. The Bertz CT molecular complexity index is 570. The minimum atomic E-state index is 0.0887. The molecule has 17 heavy (non-hydrogen) atoms. The topological polar surface area (TPSA) is 52.0 Å². The zero-order valence-electron chi connectivity index (χ0n) is 9.97. The van der Waals surface area contributed by atoms with E-state index in [1.165, 1.54) is 0 Å². The number of hydrogen-bond acceptors (Lipinski definition) is 3. The Labute approximate surface area is 110 Å². The van der Waals surface area contributed by atoms with Crippen molar-refractivity contribution < 1.29 is 4.42 Å². The average molecular weight is 273 g/mol. The summed E-state index contributed by atoms with van der Waals surface area (Å²) in [5.41, 5.74) is 7.26. The number of oxazole rings is 1. The molecule has 1 aromatic carbocycles. The quantitative estimate of drug-likeness (QED) is 0.788.